The van der Waals surface area contributed by atoms with E-state index in [1.54, 1.807) is 0 Å². The van der Waals surface area contributed by atoms with E-state index in [1.807, 2.05) is 103 Å². The predicted molar refractivity (Wildman–Crippen MR) is 165 cm³/mol. The molecule has 3 atom stereocenters. The zero-order chi connectivity index (χ0) is 28.1. The van der Waals surface area contributed by atoms with E-state index in [2.05, 4.69) is 10.2 Å². The molecule has 0 spiro atoms. The summed E-state index contributed by atoms with van der Waals surface area (Å²) in [6.45, 7) is 3.56. The van der Waals surface area contributed by atoms with E-state index in [-0.39, 0.29) is 11.8 Å². The Bertz CT molecular complexity index is 1630. The lowest BCUT2D eigenvalue weighted by atomic mass is 9.98. The number of nitrogens with zero attached hydrogens (tertiary/aromatic N) is 2. The maximum absolute atomic E-state index is 14.0. The third kappa shape index (κ3) is 4.83. The summed E-state index contributed by atoms with van der Waals surface area (Å²) in [5.74, 6) is 0.427. The van der Waals surface area contributed by atoms with Crippen LogP contribution in [0.2, 0.25) is 5.02 Å². The van der Waals surface area contributed by atoms with Gasteiger partial charge >= 0.3 is 0 Å². The summed E-state index contributed by atoms with van der Waals surface area (Å²) < 4.78 is 0. The Kier molecular flexibility index (Phi) is 6.64. The number of rotatable bonds is 4. The molecular weight excluding hydrogens is 530 g/mol. The number of carbonyl (C=O) groups excluding carboxylic acids is 2. The van der Waals surface area contributed by atoms with Gasteiger partial charge in [0.1, 0.15) is 0 Å². The van der Waals surface area contributed by atoms with Crippen LogP contribution in [-0.4, -0.2) is 35.3 Å². The van der Waals surface area contributed by atoms with Gasteiger partial charge in [-0.1, -0.05) is 59.6 Å². The number of benzene rings is 4. The second-order valence-corrected chi connectivity index (χ2v) is 12.0. The van der Waals surface area contributed by atoms with Crippen molar-refractivity contribution in [3.05, 3.63) is 118 Å². The van der Waals surface area contributed by atoms with Crippen LogP contribution in [0.15, 0.2) is 91.0 Å². The number of halogens is 1. The molecule has 206 valence electrons. The topological polar surface area (TPSA) is 52.7 Å². The highest BCUT2D eigenvalue weighted by Crippen LogP contribution is 2.46. The fourth-order valence-corrected chi connectivity index (χ4v) is 7.21. The fraction of sp³-hybridized carbons (Fsp3) is 0.257. The van der Waals surface area contributed by atoms with E-state index in [4.69, 9.17) is 11.6 Å². The van der Waals surface area contributed by atoms with Crippen molar-refractivity contribution in [1.29, 1.82) is 0 Å². The van der Waals surface area contributed by atoms with E-state index < -0.39 is 0 Å². The molecule has 41 heavy (non-hydrogen) atoms. The number of hydrogen-bond acceptors (Lipinski definition) is 3. The number of hydrogen-bond donors (Lipinski definition) is 1. The summed E-state index contributed by atoms with van der Waals surface area (Å²) >= 11 is 6.39. The first-order valence-corrected chi connectivity index (χ1v) is 14.8. The fourth-order valence-electron chi connectivity index (χ4n) is 7.02. The third-order valence-corrected chi connectivity index (χ3v) is 9.34. The largest absolute Gasteiger partial charge is 0.322 e. The number of fused-ring (bicyclic) bond motifs is 6. The lowest BCUT2D eigenvalue weighted by molar-refractivity contribution is 0.0961. The molecule has 1 saturated heterocycles. The smallest absolute Gasteiger partial charge is 0.258 e. The van der Waals surface area contributed by atoms with Gasteiger partial charge in [0.05, 0.1) is 0 Å². The molecule has 2 aliphatic heterocycles. The average molecular weight is 562 g/mol. The van der Waals surface area contributed by atoms with Crippen molar-refractivity contribution in [3.8, 4) is 11.1 Å². The standard InChI is InChI=1S/C35H32ClN3O2/c1-22-6-8-23(9-7-22)30-4-2-3-5-31(30)34(40)37-28-14-10-24(11-15-28)35(41)39-21-33-25-12-16-29(19-25)38(33)20-26-18-27(36)13-17-32(26)39/h2-11,13-15,17-18,25,29,33H,12,16,19-21H2,1H3,(H,37,40)/t25?,29?,33-/m1/s1. The molecule has 5 nitrogen and oxygen atoms in total. The number of carbonyl (C=O) groups is 2. The zero-order valence-corrected chi connectivity index (χ0v) is 23.8. The Hall–Kier alpha value is -3.93. The molecule has 1 aliphatic carbocycles. The molecule has 2 unspecified atom stereocenters. The van der Waals surface area contributed by atoms with Gasteiger partial charge in [-0.2, -0.15) is 0 Å². The summed E-state index contributed by atoms with van der Waals surface area (Å²) in [6.07, 6.45) is 3.71. The highest BCUT2D eigenvalue weighted by molar-refractivity contribution is 6.30. The van der Waals surface area contributed by atoms with Crippen molar-refractivity contribution in [1.82, 2.24) is 4.90 Å². The lowest BCUT2D eigenvalue weighted by Crippen LogP contribution is -2.46. The molecule has 4 aromatic carbocycles. The molecule has 2 amide bonds. The van der Waals surface area contributed by atoms with Crippen LogP contribution >= 0.6 is 11.6 Å². The zero-order valence-electron chi connectivity index (χ0n) is 23.0. The molecule has 6 heteroatoms. The van der Waals surface area contributed by atoms with Crippen molar-refractivity contribution < 1.29 is 9.59 Å². The summed E-state index contributed by atoms with van der Waals surface area (Å²) in [5.41, 5.74) is 6.95. The first-order chi connectivity index (χ1) is 19.9. The number of aryl methyl sites for hydroxylation is 1. The first kappa shape index (κ1) is 26.0. The Morgan fingerprint density at radius 3 is 2.49 bits per heavy atom. The highest BCUT2D eigenvalue weighted by Gasteiger charge is 2.48. The second-order valence-electron chi connectivity index (χ2n) is 11.6. The maximum Gasteiger partial charge on any atom is 0.258 e. The van der Waals surface area contributed by atoms with Gasteiger partial charge in [0.25, 0.3) is 11.8 Å². The Balaban J connectivity index is 1.12. The Morgan fingerprint density at radius 1 is 0.902 bits per heavy atom. The van der Waals surface area contributed by atoms with Crippen LogP contribution in [-0.2, 0) is 6.54 Å². The molecule has 0 aromatic heterocycles. The van der Waals surface area contributed by atoms with Crippen molar-refractivity contribution >= 4 is 34.8 Å². The highest BCUT2D eigenvalue weighted by atomic mass is 35.5. The van der Waals surface area contributed by atoms with Gasteiger partial charge in [-0.3, -0.25) is 14.5 Å². The molecule has 4 aromatic rings. The maximum atomic E-state index is 14.0. The molecular formula is C35H32ClN3O2. The first-order valence-electron chi connectivity index (χ1n) is 14.4. The molecule has 3 aliphatic rings. The summed E-state index contributed by atoms with van der Waals surface area (Å²) in [5, 5.41) is 3.72. The van der Waals surface area contributed by atoms with Crippen LogP contribution in [0, 0.1) is 12.8 Å². The minimum Gasteiger partial charge on any atom is -0.322 e. The van der Waals surface area contributed by atoms with Crippen molar-refractivity contribution in [2.45, 2.75) is 44.8 Å². The minimum atomic E-state index is -0.185. The van der Waals surface area contributed by atoms with E-state index in [9.17, 15) is 9.59 Å². The van der Waals surface area contributed by atoms with Gasteiger partial charge < -0.3 is 10.2 Å². The Morgan fingerprint density at radius 2 is 1.68 bits per heavy atom. The predicted octanol–water partition coefficient (Wildman–Crippen LogP) is 7.58. The molecule has 7 rings (SSSR count). The molecule has 1 N–H and O–H groups in total. The van der Waals surface area contributed by atoms with Crippen LogP contribution in [0.1, 0.15) is 51.1 Å². The van der Waals surface area contributed by atoms with Crippen molar-refractivity contribution in [2.75, 3.05) is 16.8 Å². The van der Waals surface area contributed by atoms with Gasteiger partial charge in [-0.15, -0.1) is 0 Å². The second kappa shape index (κ2) is 10.5. The lowest BCUT2D eigenvalue weighted by Gasteiger charge is -2.35. The third-order valence-electron chi connectivity index (χ3n) is 9.11. The number of piperidine rings is 1. The van der Waals surface area contributed by atoms with Gasteiger partial charge in [0.15, 0.2) is 0 Å². The van der Waals surface area contributed by atoms with Gasteiger partial charge in [-0.05, 0) is 97.3 Å². The quantitative estimate of drug-likeness (QED) is 0.279. The van der Waals surface area contributed by atoms with Crippen molar-refractivity contribution in [3.63, 3.8) is 0 Å². The Labute approximate surface area is 245 Å². The average Bonchev–Trinajstić information content (AvgIpc) is 3.54. The molecule has 1 saturated carbocycles. The van der Waals surface area contributed by atoms with E-state index in [0.717, 1.165) is 28.9 Å². The van der Waals surface area contributed by atoms with E-state index in [1.165, 1.54) is 24.8 Å². The van der Waals surface area contributed by atoms with Crippen LogP contribution in [0.4, 0.5) is 11.4 Å². The molecule has 0 radical (unpaired) electrons. The van der Waals surface area contributed by atoms with Crippen molar-refractivity contribution in [2.24, 2.45) is 5.92 Å². The van der Waals surface area contributed by atoms with E-state index in [0.29, 0.717) is 46.4 Å². The van der Waals surface area contributed by atoms with Gasteiger partial charge in [-0.25, -0.2) is 0 Å². The summed E-state index contributed by atoms with van der Waals surface area (Å²) in [4.78, 5) is 31.8. The van der Waals surface area contributed by atoms with Crippen LogP contribution in [0.5, 0.6) is 0 Å². The summed E-state index contributed by atoms with van der Waals surface area (Å²) in [7, 11) is 0. The van der Waals surface area contributed by atoms with Gasteiger partial charge in [0.2, 0.25) is 0 Å². The van der Waals surface area contributed by atoms with Gasteiger partial charge in [0, 0.05) is 52.7 Å². The van der Waals surface area contributed by atoms with Crippen LogP contribution < -0.4 is 10.2 Å². The molecule has 2 fully saturated rings. The van der Waals surface area contributed by atoms with Crippen LogP contribution in [0.3, 0.4) is 0 Å². The van der Waals surface area contributed by atoms with Crippen LogP contribution in [0.25, 0.3) is 11.1 Å². The van der Waals surface area contributed by atoms with E-state index >= 15 is 0 Å². The minimum absolute atomic E-state index is 0.0270. The number of anilines is 2. The monoisotopic (exact) mass is 561 g/mol. The SMILES string of the molecule is Cc1ccc(-c2ccccc2C(=O)Nc2ccc(C(=O)N3C[C@@H]4C5CCC(C5)N4Cc4cc(Cl)ccc43)cc2)cc1. The number of nitrogens with one attached hydrogen (secondary N) is 1. The molecule has 2 heterocycles. The normalized spacial score (nSPS) is 21.2. The number of amides is 2. The summed E-state index contributed by atoms with van der Waals surface area (Å²) in [6, 6.07) is 29.9. The molecule has 2 bridgehead atoms.